The number of benzene rings is 2. The van der Waals surface area contributed by atoms with Gasteiger partial charge in [-0.25, -0.2) is 0 Å². The largest absolute Gasteiger partial charge is 0.511 e. The Bertz CT molecular complexity index is 1500. The van der Waals surface area contributed by atoms with E-state index < -0.39 is 52.0 Å². The molecule has 3 aliphatic rings. The van der Waals surface area contributed by atoms with Crippen LogP contribution in [0.2, 0.25) is 0 Å². The monoisotopic (exact) mass is 562 g/mol. The van der Waals surface area contributed by atoms with Crippen molar-refractivity contribution in [2.45, 2.75) is 44.8 Å². The number of aromatic hydroxyl groups is 1. The van der Waals surface area contributed by atoms with E-state index in [4.69, 9.17) is 10.5 Å². The molecule has 1 amide bonds. The lowest BCUT2D eigenvalue weighted by Gasteiger charge is -2.45. The predicted octanol–water partition coefficient (Wildman–Crippen LogP) is 2.65. The number of phenolic OH excluding ortho intramolecular Hbond substituents is 1. The maximum Gasteiger partial charge on any atom is 0.255 e. The number of Topliss-reactive ketones (excluding diaryl/α,β-unsaturated/α-hetero) is 2. The van der Waals surface area contributed by atoms with Crippen LogP contribution in [0.5, 0.6) is 11.5 Å². The van der Waals surface area contributed by atoms with E-state index in [-0.39, 0.29) is 36.1 Å². The van der Waals surface area contributed by atoms with Gasteiger partial charge in [0.05, 0.1) is 12.7 Å². The molecule has 0 aliphatic heterocycles. The summed E-state index contributed by atoms with van der Waals surface area (Å²) in [4.78, 5) is 40.9. The summed E-state index contributed by atoms with van der Waals surface area (Å²) in [6.07, 6.45) is 0.818. The van der Waals surface area contributed by atoms with E-state index in [1.54, 1.807) is 0 Å². The van der Waals surface area contributed by atoms with Crippen LogP contribution in [-0.4, -0.2) is 68.6 Å². The number of likely N-dealkylation sites (N-methyl/N-ethyl adjacent to an activating group) is 1. The minimum Gasteiger partial charge on any atom is -0.511 e. The summed E-state index contributed by atoms with van der Waals surface area (Å²) in [5, 5.41) is 44.0. The fraction of sp³-hybridized carbons (Fsp3) is 0.387. The molecule has 216 valence electrons. The SMILES string of the molecule is CCN(CCc1ccccc1)Cc1cc(O)c2c(c1OC)CC1C[C@H]3CC(O)=C(C(N)=O)C(=O)[C@@]3(O)C(O)=C1C2=O. The van der Waals surface area contributed by atoms with E-state index in [0.29, 0.717) is 23.4 Å². The number of carbonyl (C=O) groups is 3. The van der Waals surface area contributed by atoms with Gasteiger partial charge in [-0.1, -0.05) is 37.3 Å². The van der Waals surface area contributed by atoms with Gasteiger partial charge in [-0.2, -0.15) is 0 Å². The Morgan fingerprint density at radius 3 is 2.49 bits per heavy atom. The number of ether oxygens (including phenoxy) is 1. The molecule has 5 rings (SSSR count). The third-order valence-electron chi connectivity index (χ3n) is 8.69. The van der Waals surface area contributed by atoms with E-state index in [9.17, 15) is 34.8 Å². The van der Waals surface area contributed by atoms with Gasteiger partial charge in [0.25, 0.3) is 5.91 Å². The summed E-state index contributed by atoms with van der Waals surface area (Å²) in [5.74, 6) is -6.08. The van der Waals surface area contributed by atoms with Crippen LogP contribution in [-0.2, 0) is 29.0 Å². The maximum absolute atomic E-state index is 13.8. The summed E-state index contributed by atoms with van der Waals surface area (Å²) < 4.78 is 5.79. The second-order valence-corrected chi connectivity index (χ2v) is 11.0. The summed E-state index contributed by atoms with van der Waals surface area (Å²) >= 11 is 0. The zero-order valence-corrected chi connectivity index (χ0v) is 23.0. The van der Waals surface area contributed by atoms with Crippen molar-refractivity contribution in [3.05, 3.63) is 81.3 Å². The third-order valence-corrected chi connectivity index (χ3v) is 8.69. The van der Waals surface area contributed by atoms with Gasteiger partial charge in [-0.15, -0.1) is 0 Å². The molecule has 0 radical (unpaired) electrons. The first-order valence-electron chi connectivity index (χ1n) is 13.7. The molecule has 0 aromatic heterocycles. The van der Waals surface area contributed by atoms with Crippen molar-refractivity contribution < 1.29 is 39.5 Å². The van der Waals surface area contributed by atoms with E-state index >= 15 is 0 Å². The average molecular weight is 563 g/mol. The molecular formula is C31H34N2O8. The first kappa shape index (κ1) is 28.4. The molecule has 2 aromatic carbocycles. The number of methoxy groups -OCH3 is 1. The Balaban J connectivity index is 1.51. The number of hydrogen-bond donors (Lipinski definition) is 5. The molecule has 0 bridgehead atoms. The van der Waals surface area contributed by atoms with Crippen molar-refractivity contribution >= 4 is 17.5 Å². The van der Waals surface area contributed by atoms with Crippen molar-refractivity contribution in [3.63, 3.8) is 0 Å². The summed E-state index contributed by atoms with van der Waals surface area (Å²) in [6, 6.07) is 11.6. The van der Waals surface area contributed by atoms with Gasteiger partial charge in [0.1, 0.15) is 28.6 Å². The van der Waals surface area contributed by atoms with Crippen LogP contribution in [0, 0.1) is 11.8 Å². The summed E-state index contributed by atoms with van der Waals surface area (Å²) in [5.41, 5.74) is 4.01. The molecule has 10 nitrogen and oxygen atoms in total. The lowest BCUT2D eigenvalue weighted by Crippen LogP contribution is -2.57. The van der Waals surface area contributed by atoms with Crippen LogP contribution >= 0.6 is 0 Å². The molecule has 3 atom stereocenters. The zero-order valence-electron chi connectivity index (χ0n) is 23.0. The highest BCUT2D eigenvalue weighted by Gasteiger charge is 2.59. The van der Waals surface area contributed by atoms with Gasteiger partial charge in [-0.05, 0) is 43.4 Å². The highest BCUT2D eigenvalue weighted by atomic mass is 16.5. The average Bonchev–Trinajstić information content (AvgIpc) is 2.93. The maximum atomic E-state index is 13.8. The van der Waals surface area contributed by atoms with Crippen molar-refractivity contribution in [2.24, 2.45) is 17.6 Å². The summed E-state index contributed by atoms with van der Waals surface area (Å²) in [6.45, 7) is 4.02. The van der Waals surface area contributed by atoms with Crippen LogP contribution in [0.25, 0.3) is 0 Å². The minimum atomic E-state index is -2.59. The number of nitrogens with two attached hydrogens (primary N) is 1. The van der Waals surface area contributed by atoms with Gasteiger partial charge in [0.15, 0.2) is 11.4 Å². The fourth-order valence-corrected chi connectivity index (χ4v) is 6.62. The molecule has 41 heavy (non-hydrogen) atoms. The Kier molecular flexibility index (Phi) is 7.39. The molecule has 0 saturated heterocycles. The number of fused-ring (bicyclic) bond motifs is 3. The standard InChI is InChI=1S/C31H34N2O8/c1-3-33(10-9-16-7-5-4-6-8-16)15-18-13-21(34)24-20(27(18)41-2)12-17-11-19-14-22(35)25(30(32)39)29(38)31(19,40)28(37)23(17)26(24)36/h4-8,13,17,19,34-35,37,40H,3,9-12,14-15H2,1-2H3,(H2,32,39)/t17?,19-,31-/m0/s1. The number of allylic oxidation sites excluding steroid dienone is 2. The first-order chi connectivity index (χ1) is 19.5. The van der Waals surface area contributed by atoms with Crippen molar-refractivity contribution in [1.82, 2.24) is 4.90 Å². The van der Waals surface area contributed by atoms with Gasteiger partial charge in [-0.3, -0.25) is 19.3 Å². The molecule has 1 unspecified atom stereocenters. The molecule has 6 N–H and O–H groups in total. The van der Waals surface area contributed by atoms with E-state index in [1.165, 1.54) is 18.7 Å². The Morgan fingerprint density at radius 1 is 1.15 bits per heavy atom. The molecule has 3 aliphatic carbocycles. The highest BCUT2D eigenvalue weighted by molar-refractivity contribution is 6.24. The number of primary amides is 1. The van der Waals surface area contributed by atoms with E-state index in [1.807, 2.05) is 25.1 Å². The Hall–Kier alpha value is -4.15. The number of carbonyl (C=O) groups excluding carboxylic acids is 3. The van der Waals surface area contributed by atoms with Crippen LogP contribution in [0.15, 0.2) is 59.1 Å². The summed E-state index contributed by atoms with van der Waals surface area (Å²) in [7, 11) is 1.50. The number of rotatable bonds is 8. The zero-order chi connectivity index (χ0) is 29.6. The van der Waals surface area contributed by atoms with Crippen molar-refractivity contribution in [2.75, 3.05) is 20.2 Å². The molecule has 0 heterocycles. The Morgan fingerprint density at radius 2 is 1.85 bits per heavy atom. The number of amides is 1. The van der Waals surface area contributed by atoms with Gasteiger partial charge >= 0.3 is 0 Å². The van der Waals surface area contributed by atoms with Gasteiger partial charge in [0.2, 0.25) is 5.78 Å². The number of ketones is 2. The normalized spacial score (nSPS) is 23.8. The lowest BCUT2D eigenvalue weighted by atomic mass is 9.60. The smallest absolute Gasteiger partial charge is 0.255 e. The van der Waals surface area contributed by atoms with Gasteiger partial charge in [0, 0.05) is 42.1 Å². The second-order valence-electron chi connectivity index (χ2n) is 11.0. The van der Waals surface area contributed by atoms with Crippen molar-refractivity contribution in [3.8, 4) is 11.5 Å². The number of nitrogens with zero attached hydrogens (tertiary/aromatic N) is 1. The predicted molar refractivity (Wildman–Crippen MR) is 148 cm³/mol. The quantitative estimate of drug-likeness (QED) is 0.303. The first-order valence-corrected chi connectivity index (χ1v) is 13.7. The third kappa shape index (κ3) is 4.57. The van der Waals surface area contributed by atoms with Crippen LogP contribution < -0.4 is 10.5 Å². The van der Waals surface area contributed by atoms with E-state index in [0.717, 1.165) is 19.5 Å². The fourth-order valence-electron chi connectivity index (χ4n) is 6.62. The van der Waals surface area contributed by atoms with Crippen LogP contribution in [0.1, 0.15) is 46.8 Å². The highest BCUT2D eigenvalue weighted by Crippen LogP contribution is 2.52. The topological polar surface area (TPSA) is 171 Å². The Labute approximate surface area is 237 Å². The molecule has 0 saturated carbocycles. The number of phenols is 1. The number of aliphatic hydroxyl groups excluding tert-OH is 2. The van der Waals surface area contributed by atoms with Crippen molar-refractivity contribution in [1.29, 1.82) is 0 Å². The molecule has 10 heteroatoms. The second kappa shape index (κ2) is 10.7. The minimum absolute atomic E-state index is 0.0606. The van der Waals surface area contributed by atoms with Crippen LogP contribution in [0.3, 0.4) is 0 Å². The number of aliphatic hydroxyl groups is 3. The molecule has 0 fully saturated rings. The van der Waals surface area contributed by atoms with Gasteiger partial charge < -0.3 is 30.9 Å². The van der Waals surface area contributed by atoms with Crippen LogP contribution in [0.4, 0.5) is 0 Å². The number of hydrogen-bond acceptors (Lipinski definition) is 9. The molecule has 2 aromatic rings. The molecule has 0 spiro atoms. The van der Waals surface area contributed by atoms with E-state index in [2.05, 4.69) is 17.0 Å². The lowest BCUT2D eigenvalue weighted by molar-refractivity contribution is -0.144. The molecular weight excluding hydrogens is 528 g/mol.